The molecular weight excluding hydrogens is 252 g/mol. The fourth-order valence-corrected chi connectivity index (χ4v) is 3.25. The van der Waals surface area contributed by atoms with Gasteiger partial charge < -0.3 is 4.74 Å². The van der Waals surface area contributed by atoms with Crippen LogP contribution in [0.1, 0.15) is 33.1 Å². The molecule has 0 unspecified atom stereocenters. The molecule has 2 aromatic rings. The number of benzene rings is 2. The molecule has 0 amide bonds. The third-order valence-corrected chi connectivity index (χ3v) is 4.31. The summed E-state index contributed by atoms with van der Waals surface area (Å²) in [5.74, 6) is 2.20. The fraction of sp³-hybridized carbons (Fsp3) is 0.412. The third kappa shape index (κ3) is 3.66. The first kappa shape index (κ1) is 14.3. The van der Waals surface area contributed by atoms with Crippen molar-refractivity contribution >= 4 is 22.5 Å². The Morgan fingerprint density at radius 2 is 1.74 bits per heavy atom. The second-order valence-electron chi connectivity index (χ2n) is 4.60. The molecule has 0 aliphatic heterocycles. The average Bonchev–Trinajstić information content (AvgIpc) is 2.46. The summed E-state index contributed by atoms with van der Waals surface area (Å²) in [6.45, 7) is 4.99. The van der Waals surface area contributed by atoms with E-state index >= 15 is 0 Å². The first-order valence-corrected chi connectivity index (χ1v) is 8.12. The van der Waals surface area contributed by atoms with Crippen LogP contribution < -0.4 is 4.74 Å². The van der Waals surface area contributed by atoms with Crippen molar-refractivity contribution in [3.8, 4) is 5.75 Å². The Labute approximate surface area is 120 Å². The van der Waals surface area contributed by atoms with Gasteiger partial charge in [0.2, 0.25) is 0 Å². The van der Waals surface area contributed by atoms with Crippen LogP contribution in [0.2, 0.25) is 0 Å². The molecule has 2 aromatic carbocycles. The minimum atomic E-state index is 0.715. The minimum absolute atomic E-state index is 0.715. The number of thioether (sulfide) groups is 1. The van der Waals surface area contributed by atoms with Crippen LogP contribution in [0.4, 0.5) is 0 Å². The van der Waals surface area contributed by atoms with Crippen LogP contribution >= 0.6 is 11.8 Å². The van der Waals surface area contributed by atoms with Crippen molar-refractivity contribution in [1.82, 2.24) is 0 Å². The standard InChI is InChI=1S/C17H22OS/c1-3-5-8-13-19-17-12-11-16(18-4-2)14-9-6-7-10-15(14)17/h6-7,9-12H,3-5,8,13H2,1-2H3. The lowest BCUT2D eigenvalue weighted by molar-refractivity contribution is 0.344. The van der Waals surface area contributed by atoms with E-state index in [1.807, 2.05) is 18.7 Å². The summed E-state index contributed by atoms with van der Waals surface area (Å²) < 4.78 is 5.71. The van der Waals surface area contributed by atoms with Crippen LogP contribution in [0.5, 0.6) is 5.75 Å². The van der Waals surface area contributed by atoms with Crippen molar-refractivity contribution in [2.45, 2.75) is 38.0 Å². The summed E-state index contributed by atoms with van der Waals surface area (Å²) >= 11 is 1.96. The molecule has 0 aliphatic rings. The third-order valence-electron chi connectivity index (χ3n) is 3.15. The van der Waals surface area contributed by atoms with Crippen LogP contribution in [-0.4, -0.2) is 12.4 Å². The van der Waals surface area contributed by atoms with Gasteiger partial charge in [0.15, 0.2) is 0 Å². The number of fused-ring (bicyclic) bond motifs is 1. The van der Waals surface area contributed by atoms with E-state index in [0.29, 0.717) is 6.61 Å². The first-order valence-electron chi connectivity index (χ1n) is 7.14. The van der Waals surface area contributed by atoms with Gasteiger partial charge in [0.05, 0.1) is 6.61 Å². The lowest BCUT2D eigenvalue weighted by Crippen LogP contribution is -1.93. The van der Waals surface area contributed by atoms with Gasteiger partial charge in [0.1, 0.15) is 5.75 Å². The monoisotopic (exact) mass is 274 g/mol. The number of hydrogen-bond acceptors (Lipinski definition) is 2. The molecular formula is C17H22OS. The lowest BCUT2D eigenvalue weighted by Gasteiger charge is -2.11. The van der Waals surface area contributed by atoms with E-state index in [1.54, 1.807) is 0 Å². The maximum absolute atomic E-state index is 5.71. The molecule has 19 heavy (non-hydrogen) atoms. The number of hydrogen-bond donors (Lipinski definition) is 0. The summed E-state index contributed by atoms with van der Waals surface area (Å²) in [6.07, 6.45) is 3.90. The Hall–Kier alpha value is -1.15. The van der Waals surface area contributed by atoms with Crippen LogP contribution in [0.15, 0.2) is 41.3 Å². The first-order chi connectivity index (χ1) is 9.36. The summed E-state index contributed by atoms with van der Waals surface area (Å²) in [5, 5.41) is 2.54. The molecule has 0 aromatic heterocycles. The van der Waals surface area contributed by atoms with E-state index in [4.69, 9.17) is 4.74 Å². The molecule has 0 heterocycles. The summed E-state index contributed by atoms with van der Waals surface area (Å²) in [5.41, 5.74) is 0. The van der Waals surface area contributed by atoms with Crippen LogP contribution in [0.3, 0.4) is 0 Å². The van der Waals surface area contributed by atoms with E-state index in [1.165, 1.54) is 40.7 Å². The van der Waals surface area contributed by atoms with Gasteiger partial charge in [-0.3, -0.25) is 0 Å². The number of ether oxygens (including phenoxy) is 1. The molecule has 0 radical (unpaired) electrons. The molecule has 0 fully saturated rings. The molecule has 1 nitrogen and oxygen atoms in total. The highest BCUT2D eigenvalue weighted by Crippen LogP contribution is 2.34. The molecule has 0 aliphatic carbocycles. The van der Waals surface area contributed by atoms with Gasteiger partial charge in [0, 0.05) is 10.3 Å². The highest BCUT2D eigenvalue weighted by atomic mass is 32.2. The molecule has 0 atom stereocenters. The Balaban J connectivity index is 2.22. The maximum Gasteiger partial charge on any atom is 0.127 e. The summed E-state index contributed by atoms with van der Waals surface area (Å²) in [7, 11) is 0. The van der Waals surface area contributed by atoms with E-state index in [0.717, 1.165) is 5.75 Å². The largest absolute Gasteiger partial charge is 0.493 e. The predicted molar refractivity (Wildman–Crippen MR) is 85.4 cm³/mol. The topological polar surface area (TPSA) is 9.23 Å². The molecule has 2 heteroatoms. The fourth-order valence-electron chi connectivity index (χ4n) is 2.19. The normalized spacial score (nSPS) is 10.8. The SMILES string of the molecule is CCCCCSc1ccc(OCC)c2ccccc12. The van der Waals surface area contributed by atoms with E-state index in [2.05, 4.69) is 43.3 Å². The van der Waals surface area contributed by atoms with Crippen molar-refractivity contribution < 1.29 is 4.74 Å². The Kier molecular flexibility index (Phi) is 5.59. The molecule has 0 saturated heterocycles. The highest BCUT2D eigenvalue weighted by molar-refractivity contribution is 7.99. The van der Waals surface area contributed by atoms with Crippen molar-refractivity contribution in [1.29, 1.82) is 0 Å². The lowest BCUT2D eigenvalue weighted by atomic mass is 10.1. The van der Waals surface area contributed by atoms with Crippen molar-refractivity contribution in [3.63, 3.8) is 0 Å². The van der Waals surface area contributed by atoms with E-state index in [9.17, 15) is 0 Å². The van der Waals surface area contributed by atoms with E-state index < -0.39 is 0 Å². The molecule has 0 bridgehead atoms. The quantitative estimate of drug-likeness (QED) is 0.485. The van der Waals surface area contributed by atoms with Gasteiger partial charge in [0.25, 0.3) is 0 Å². The van der Waals surface area contributed by atoms with Gasteiger partial charge in [-0.2, -0.15) is 0 Å². The summed E-state index contributed by atoms with van der Waals surface area (Å²) in [4.78, 5) is 1.37. The Bertz CT molecular complexity index is 522. The molecule has 0 N–H and O–H groups in total. The van der Waals surface area contributed by atoms with Gasteiger partial charge >= 0.3 is 0 Å². The van der Waals surface area contributed by atoms with Crippen LogP contribution in [0.25, 0.3) is 10.8 Å². The van der Waals surface area contributed by atoms with Crippen molar-refractivity contribution in [2.24, 2.45) is 0 Å². The smallest absolute Gasteiger partial charge is 0.127 e. The van der Waals surface area contributed by atoms with Gasteiger partial charge in [-0.05, 0) is 36.6 Å². The van der Waals surface area contributed by atoms with E-state index in [-0.39, 0.29) is 0 Å². The Morgan fingerprint density at radius 3 is 2.47 bits per heavy atom. The van der Waals surface area contributed by atoms with Crippen molar-refractivity contribution in [3.05, 3.63) is 36.4 Å². The minimum Gasteiger partial charge on any atom is -0.493 e. The maximum atomic E-state index is 5.71. The number of rotatable bonds is 7. The zero-order chi connectivity index (χ0) is 13.5. The molecule has 0 spiro atoms. The highest BCUT2D eigenvalue weighted by Gasteiger charge is 2.06. The number of unbranched alkanes of at least 4 members (excludes halogenated alkanes) is 2. The Morgan fingerprint density at radius 1 is 0.947 bits per heavy atom. The van der Waals surface area contributed by atoms with Gasteiger partial charge in [-0.15, -0.1) is 11.8 Å². The molecule has 102 valence electrons. The molecule has 0 saturated carbocycles. The summed E-state index contributed by atoms with van der Waals surface area (Å²) in [6, 6.07) is 12.8. The van der Waals surface area contributed by atoms with Crippen LogP contribution in [0, 0.1) is 0 Å². The predicted octanol–water partition coefficient (Wildman–Crippen LogP) is 5.52. The zero-order valence-electron chi connectivity index (χ0n) is 11.8. The zero-order valence-corrected chi connectivity index (χ0v) is 12.6. The van der Waals surface area contributed by atoms with Gasteiger partial charge in [-0.25, -0.2) is 0 Å². The second kappa shape index (κ2) is 7.44. The average molecular weight is 274 g/mol. The van der Waals surface area contributed by atoms with Gasteiger partial charge in [-0.1, -0.05) is 44.0 Å². The molecule has 2 rings (SSSR count). The van der Waals surface area contributed by atoms with Crippen LogP contribution in [-0.2, 0) is 0 Å². The second-order valence-corrected chi connectivity index (χ2v) is 5.73. The van der Waals surface area contributed by atoms with Crippen molar-refractivity contribution in [2.75, 3.05) is 12.4 Å².